The molecule has 2 aromatic heterocycles. The van der Waals surface area contributed by atoms with Gasteiger partial charge in [-0.05, 0) is 36.9 Å². The number of likely N-dealkylation sites (N-methyl/N-ethyl adjacent to an activating group) is 1. The highest BCUT2D eigenvalue weighted by Crippen LogP contribution is 2.39. The van der Waals surface area contributed by atoms with Gasteiger partial charge in [-0.2, -0.15) is 0 Å². The predicted molar refractivity (Wildman–Crippen MR) is 164 cm³/mol. The van der Waals surface area contributed by atoms with E-state index in [1.807, 2.05) is 12.1 Å². The summed E-state index contributed by atoms with van der Waals surface area (Å²) in [7, 11) is 2.41. The van der Waals surface area contributed by atoms with Crippen molar-refractivity contribution in [2.24, 2.45) is 0 Å². The lowest BCUT2D eigenvalue weighted by Crippen LogP contribution is -2.46. The smallest absolute Gasteiger partial charge is 0.293 e. The Morgan fingerprint density at radius 3 is 2.34 bits per heavy atom. The first-order chi connectivity index (χ1) is 21.3. The highest BCUT2D eigenvalue weighted by Gasteiger charge is 2.27. The molecule has 44 heavy (non-hydrogen) atoms. The molecule has 0 radical (unpaired) electrons. The van der Waals surface area contributed by atoms with Gasteiger partial charge >= 0.3 is 0 Å². The first-order valence-electron chi connectivity index (χ1n) is 13.9. The summed E-state index contributed by atoms with van der Waals surface area (Å²) in [5, 5.41) is 8.73. The van der Waals surface area contributed by atoms with Crippen molar-refractivity contribution in [1.29, 1.82) is 0 Å². The molecular weight excluding hydrogens is 574 g/mol. The SMILES string of the molecule is C=CC(=O)Nc1cc(N2CCN(CC)CC2)ccc1Nc1c(C(=O)Nc2c(F)c(OC)cc(OC)c2F)oc2cnccc12. The molecule has 230 valence electrons. The van der Waals surface area contributed by atoms with Gasteiger partial charge in [0.2, 0.25) is 11.7 Å². The fourth-order valence-electron chi connectivity index (χ4n) is 4.98. The van der Waals surface area contributed by atoms with E-state index in [0.717, 1.165) is 50.6 Å². The van der Waals surface area contributed by atoms with Crippen molar-refractivity contribution in [2.45, 2.75) is 6.92 Å². The van der Waals surface area contributed by atoms with Crippen LogP contribution in [0, 0.1) is 11.6 Å². The molecule has 4 aromatic rings. The Labute approximate surface area is 252 Å². The standard InChI is InChI=1S/C31H32F2N6O5/c1-5-25(40)35-21-15-18(39-13-11-38(6-2)12-14-39)7-8-20(21)36-28-19-9-10-34-17-24(19)44-30(28)31(41)37-29-26(32)22(42-3)16-23(43-4)27(29)33/h5,7-10,15-17,36H,1,6,11-14H2,2-4H3,(H,35,40)(H,37,41). The predicted octanol–water partition coefficient (Wildman–Crippen LogP) is 5.39. The van der Waals surface area contributed by atoms with Crippen molar-refractivity contribution in [3.63, 3.8) is 0 Å². The van der Waals surface area contributed by atoms with Crippen LogP contribution in [-0.2, 0) is 4.79 Å². The lowest BCUT2D eigenvalue weighted by Gasteiger charge is -2.35. The number of aromatic nitrogens is 1. The van der Waals surface area contributed by atoms with Gasteiger partial charge in [-0.1, -0.05) is 13.5 Å². The summed E-state index contributed by atoms with van der Waals surface area (Å²) in [4.78, 5) is 34.6. The third-order valence-corrected chi connectivity index (χ3v) is 7.40. The summed E-state index contributed by atoms with van der Waals surface area (Å²) < 4.78 is 45.9. The summed E-state index contributed by atoms with van der Waals surface area (Å²) in [5.41, 5.74) is 1.42. The molecular formula is C31H32F2N6O5. The largest absolute Gasteiger partial charge is 0.493 e. The van der Waals surface area contributed by atoms with Crippen molar-refractivity contribution >= 4 is 51.2 Å². The number of pyridine rings is 1. The molecule has 5 rings (SSSR count). The zero-order valence-corrected chi connectivity index (χ0v) is 24.5. The van der Waals surface area contributed by atoms with Gasteiger partial charge in [-0.15, -0.1) is 0 Å². The number of methoxy groups -OCH3 is 2. The monoisotopic (exact) mass is 606 g/mol. The summed E-state index contributed by atoms with van der Waals surface area (Å²) in [6.07, 6.45) is 4.07. The van der Waals surface area contributed by atoms with E-state index in [9.17, 15) is 9.59 Å². The van der Waals surface area contributed by atoms with Crippen LogP contribution in [0.5, 0.6) is 11.5 Å². The average molecular weight is 607 g/mol. The molecule has 2 aromatic carbocycles. The second kappa shape index (κ2) is 13.0. The fraction of sp³-hybridized carbons (Fsp3) is 0.258. The average Bonchev–Trinajstić information content (AvgIpc) is 3.42. The number of ether oxygens (including phenoxy) is 2. The van der Waals surface area contributed by atoms with Crippen LogP contribution in [-0.4, -0.2) is 68.6 Å². The van der Waals surface area contributed by atoms with Crippen molar-refractivity contribution in [3.8, 4) is 11.5 Å². The molecule has 0 bridgehead atoms. The Morgan fingerprint density at radius 2 is 1.70 bits per heavy atom. The van der Waals surface area contributed by atoms with E-state index in [0.29, 0.717) is 16.8 Å². The third kappa shape index (κ3) is 5.99. The van der Waals surface area contributed by atoms with Crippen molar-refractivity contribution < 1.29 is 32.3 Å². The second-order valence-corrected chi connectivity index (χ2v) is 9.89. The number of carbonyl (C=O) groups is 2. The van der Waals surface area contributed by atoms with Gasteiger partial charge in [-0.3, -0.25) is 14.6 Å². The first-order valence-corrected chi connectivity index (χ1v) is 13.9. The molecule has 11 nitrogen and oxygen atoms in total. The lowest BCUT2D eigenvalue weighted by atomic mass is 10.1. The van der Waals surface area contributed by atoms with Gasteiger partial charge in [0.1, 0.15) is 5.69 Å². The number of carbonyl (C=O) groups excluding carboxylic acids is 2. The lowest BCUT2D eigenvalue weighted by molar-refractivity contribution is -0.111. The number of hydrogen-bond acceptors (Lipinski definition) is 9. The molecule has 3 N–H and O–H groups in total. The van der Waals surface area contributed by atoms with Gasteiger partial charge in [0.25, 0.3) is 5.91 Å². The molecule has 0 unspecified atom stereocenters. The third-order valence-electron chi connectivity index (χ3n) is 7.40. The maximum absolute atomic E-state index is 15.1. The maximum atomic E-state index is 15.1. The van der Waals surface area contributed by atoms with E-state index >= 15 is 8.78 Å². The zero-order valence-electron chi connectivity index (χ0n) is 24.5. The number of furan rings is 1. The van der Waals surface area contributed by atoms with Gasteiger partial charge in [0, 0.05) is 49.5 Å². The van der Waals surface area contributed by atoms with Gasteiger partial charge in [0.15, 0.2) is 28.7 Å². The number of rotatable bonds is 10. The molecule has 1 saturated heterocycles. The van der Waals surface area contributed by atoms with Crippen LogP contribution < -0.4 is 30.3 Å². The van der Waals surface area contributed by atoms with Crippen molar-refractivity contribution in [1.82, 2.24) is 9.88 Å². The van der Waals surface area contributed by atoms with Crippen LogP contribution in [0.3, 0.4) is 0 Å². The number of piperazine rings is 1. The molecule has 0 spiro atoms. The van der Waals surface area contributed by atoms with Crippen LogP contribution in [0.25, 0.3) is 11.0 Å². The van der Waals surface area contributed by atoms with Crippen molar-refractivity contribution in [3.05, 3.63) is 72.8 Å². The number of benzene rings is 2. The summed E-state index contributed by atoms with van der Waals surface area (Å²) in [6, 6.07) is 8.17. The quantitative estimate of drug-likeness (QED) is 0.204. The van der Waals surface area contributed by atoms with E-state index in [1.54, 1.807) is 12.1 Å². The summed E-state index contributed by atoms with van der Waals surface area (Å²) in [6.45, 7) is 10.1. The molecule has 0 saturated carbocycles. The molecule has 2 amide bonds. The molecule has 0 atom stereocenters. The Kier molecular flexibility index (Phi) is 8.95. The van der Waals surface area contributed by atoms with Crippen LogP contribution in [0.1, 0.15) is 17.5 Å². The fourth-order valence-corrected chi connectivity index (χ4v) is 4.98. The highest BCUT2D eigenvalue weighted by molar-refractivity contribution is 6.13. The number of halogens is 2. The van der Waals surface area contributed by atoms with E-state index in [4.69, 9.17) is 13.9 Å². The number of amides is 2. The van der Waals surface area contributed by atoms with E-state index < -0.39 is 29.1 Å². The normalized spacial score (nSPS) is 13.4. The number of nitrogens with zero attached hydrogens (tertiary/aromatic N) is 3. The molecule has 0 aliphatic carbocycles. The van der Waals surface area contributed by atoms with Crippen LogP contribution in [0.15, 0.2) is 59.8 Å². The van der Waals surface area contributed by atoms with E-state index in [1.165, 1.54) is 26.6 Å². The summed E-state index contributed by atoms with van der Waals surface area (Å²) >= 11 is 0. The van der Waals surface area contributed by atoms with E-state index in [2.05, 4.69) is 44.2 Å². The second-order valence-electron chi connectivity index (χ2n) is 9.89. The number of fused-ring (bicyclic) bond motifs is 1. The minimum atomic E-state index is -1.13. The Bertz CT molecular complexity index is 1690. The Balaban J connectivity index is 1.53. The summed E-state index contributed by atoms with van der Waals surface area (Å²) in [5.74, 6) is -4.59. The van der Waals surface area contributed by atoms with Crippen LogP contribution in [0.2, 0.25) is 0 Å². The van der Waals surface area contributed by atoms with Gasteiger partial charge < -0.3 is 39.6 Å². The van der Waals surface area contributed by atoms with Crippen LogP contribution in [0.4, 0.5) is 37.2 Å². The Hall–Kier alpha value is -5.17. The molecule has 1 aliphatic heterocycles. The number of hydrogen-bond donors (Lipinski definition) is 3. The van der Waals surface area contributed by atoms with Gasteiger partial charge in [-0.25, -0.2) is 8.78 Å². The Morgan fingerprint density at radius 1 is 1.00 bits per heavy atom. The van der Waals surface area contributed by atoms with Crippen molar-refractivity contribution in [2.75, 3.05) is 67.8 Å². The minimum Gasteiger partial charge on any atom is -0.493 e. The number of nitrogens with one attached hydrogen (secondary N) is 3. The van der Waals surface area contributed by atoms with Gasteiger partial charge in [0.05, 0.1) is 37.5 Å². The molecule has 13 heteroatoms. The topological polar surface area (TPSA) is 121 Å². The minimum absolute atomic E-state index is 0.189. The first kappa shape index (κ1) is 30.3. The highest BCUT2D eigenvalue weighted by atomic mass is 19.1. The number of anilines is 5. The maximum Gasteiger partial charge on any atom is 0.293 e. The van der Waals surface area contributed by atoms with Crippen LogP contribution >= 0.6 is 0 Å². The molecule has 1 fully saturated rings. The van der Waals surface area contributed by atoms with E-state index in [-0.39, 0.29) is 28.5 Å². The molecule has 1 aliphatic rings. The zero-order chi connectivity index (χ0) is 31.4. The molecule has 3 heterocycles.